The molecule has 0 radical (unpaired) electrons. The molecule has 2 heterocycles. The van der Waals surface area contributed by atoms with Crippen LogP contribution in [0.15, 0.2) is 36.9 Å². The fourth-order valence-electron chi connectivity index (χ4n) is 4.16. The number of rotatable bonds is 5. The molecular weight excluding hydrogens is 427 g/mol. The molecule has 0 bridgehead atoms. The number of aliphatic hydroxyl groups excluding tert-OH is 1. The van der Waals surface area contributed by atoms with Crippen LogP contribution in [0, 0.1) is 5.92 Å². The molecule has 11 heteroatoms. The summed E-state index contributed by atoms with van der Waals surface area (Å²) in [4.78, 5) is 19.7. The third-order valence-electron chi connectivity index (χ3n) is 5.82. The topological polar surface area (TPSA) is 93.4 Å². The van der Waals surface area contributed by atoms with Crippen LogP contribution in [0.25, 0.3) is 10.9 Å². The number of ether oxygens (including phenoxy) is 1. The maximum absolute atomic E-state index is 14.0. The van der Waals surface area contributed by atoms with Crippen LogP contribution in [-0.4, -0.2) is 50.8 Å². The lowest BCUT2D eigenvalue weighted by atomic mass is 9.86. The SMILES string of the molecule is COc1cc2c(cnn2C2CCC(CO)CC2)cc1N(C(=O)c1ccncn1)C(F)(F)F. The zero-order valence-corrected chi connectivity index (χ0v) is 17.3. The lowest BCUT2D eigenvalue weighted by molar-refractivity contribution is -0.122. The summed E-state index contributed by atoms with van der Waals surface area (Å²) >= 11 is 0. The van der Waals surface area contributed by atoms with Crippen LogP contribution in [0.4, 0.5) is 18.9 Å². The first kappa shape index (κ1) is 22.0. The van der Waals surface area contributed by atoms with E-state index in [2.05, 4.69) is 15.1 Å². The Morgan fingerprint density at radius 1 is 1.28 bits per heavy atom. The van der Waals surface area contributed by atoms with E-state index in [1.54, 1.807) is 4.68 Å². The van der Waals surface area contributed by atoms with E-state index in [0.29, 0.717) is 10.9 Å². The molecule has 8 nitrogen and oxygen atoms in total. The molecule has 1 fully saturated rings. The van der Waals surface area contributed by atoms with Crippen molar-refractivity contribution in [3.63, 3.8) is 0 Å². The van der Waals surface area contributed by atoms with Gasteiger partial charge in [0.1, 0.15) is 17.8 Å². The van der Waals surface area contributed by atoms with Crippen LogP contribution >= 0.6 is 0 Å². The minimum atomic E-state index is -5.01. The zero-order chi connectivity index (χ0) is 22.9. The maximum atomic E-state index is 14.0. The van der Waals surface area contributed by atoms with Crippen LogP contribution in [0.2, 0.25) is 0 Å². The molecule has 4 rings (SSSR count). The molecule has 2 aromatic heterocycles. The number of anilines is 1. The van der Waals surface area contributed by atoms with Gasteiger partial charge in [-0.05, 0) is 43.7 Å². The Bertz CT molecular complexity index is 1100. The Kier molecular flexibility index (Phi) is 6.00. The molecule has 170 valence electrons. The number of amides is 1. The number of carbonyl (C=O) groups is 1. The molecule has 32 heavy (non-hydrogen) atoms. The number of nitrogens with zero attached hydrogens (tertiary/aromatic N) is 5. The fourth-order valence-corrected chi connectivity index (χ4v) is 4.16. The first-order valence-corrected chi connectivity index (χ1v) is 10.2. The van der Waals surface area contributed by atoms with E-state index < -0.39 is 23.6 Å². The molecule has 1 aliphatic rings. The molecule has 1 aliphatic carbocycles. The highest BCUT2D eigenvalue weighted by molar-refractivity contribution is 6.07. The number of hydrogen-bond donors (Lipinski definition) is 1. The van der Waals surface area contributed by atoms with Crippen LogP contribution in [0.5, 0.6) is 5.75 Å². The second-order valence-corrected chi connectivity index (χ2v) is 7.73. The lowest BCUT2D eigenvalue weighted by Gasteiger charge is -2.28. The van der Waals surface area contributed by atoms with E-state index in [9.17, 15) is 23.1 Å². The van der Waals surface area contributed by atoms with Crippen molar-refractivity contribution >= 4 is 22.5 Å². The number of carbonyl (C=O) groups excluding carboxylic acids is 1. The van der Waals surface area contributed by atoms with E-state index in [1.807, 2.05) is 0 Å². The van der Waals surface area contributed by atoms with Gasteiger partial charge in [-0.1, -0.05) is 0 Å². The number of methoxy groups -OCH3 is 1. The lowest BCUT2D eigenvalue weighted by Crippen LogP contribution is -2.43. The summed E-state index contributed by atoms with van der Waals surface area (Å²) in [6, 6.07) is 3.92. The van der Waals surface area contributed by atoms with Crippen LogP contribution in [0.1, 0.15) is 42.2 Å². The summed E-state index contributed by atoms with van der Waals surface area (Å²) < 4.78 is 49.0. The molecule has 1 aromatic carbocycles. The average Bonchev–Trinajstić information content (AvgIpc) is 3.21. The summed E-state index contributed by atoms with van der Waals surface area (Å²) in [6.07, 6.45) is 2.02. The van der Waals surface area contributed by atoms with Gasteiger partial charge in [-0.3, -0.25) is 9.48 Å². The maximum Gasteiger partial charge on any atom is 0.492 e. The number of fused-ring (bicyclic) bond motifs is 1. The van der Waals surface area contributed by atoms with Gasteiger partial charge >= 0.3 is 6.30 Å². The van der Waals surface area contributed by atoms with Gasteiger partial charge in [-0.2, -0.15) is 5.10 Å². The average molecular weight is 449 g/mol. The van der Waals surface area contributed by atoms with Crippen LogP contribution in [0.3, 0.4) is 0 Å². The zero-order valence-electron chi connectivity index (χ0n) is 17.3. The molecule has 0 unspecified atom stereocenters. The van der Waals surface area contributed by atoms with Crippen molar-refractivity contribution in [3.05, 3.63) is 42.6 Å². The van der Waals surface area contributed by atoms with Crippen molar-refractivity contribution in [3.8, 4) is 5.75 Å². The predicted molar refractivity (Wildman–Crippen MR) is 109 cm³/mol. The van der Waals surface area contributed by atoms with Gasteiger partial charge in [0.15, 0.2) is 0 Å². The van der Waals surface area contributed by atoms with Crippen molar-refractivity contribution in [2.24, 2.45) is 5.92 Å². The highest BCUT2D eigenvalue weighted by Crippen LogP contribution is 2.41. The highest BCUT2D eigenvalue weighted by Gasteiger charge is 2.45. The Morgan fingerprint density at radius 2 is 2.03 bits per heavy atom. The Hall–Kier alpha value is -3.21. The van der Waals surface area contributed by atoms with Crippen LogP contribution in [-0.2, 0) is 0 Å². The van der Waals surface area contributed by atoms with Gasteiger partial charge < -0.3 is 9.84 Å². The summed E-state index contributed by atoms with van der Waals surface area (Å²) in [5, 5.41) is 14.2. The molecule has 0 saturated heterocycles. The van der Waals surface area contributed by atoms with Crippen molar-refractivity contribution in [1.82, 2.24) is 19.7 Å². The van der Waals surface area contributed by atoms with E-state index >= 15 is 0 Å². The highest BCUT2D eigenvalue weighted by atomic mass is 19.4. The van der Waals surface area contributed by atoms with Crippen molar-refractivity contribution in [1.29, 1.82) is 0 Å². The number of halogens is 3. The number of hydrogen-bond acceptors (Lipinski definition) is 6. The summed E-state index contributed by atoms with van der Waals surface area (Å²) in [5.74, 6) is -1.18. The largest absolute Gasteiger partial charge is 0.494 e. The van der Waals surface area contributed by atoms with Gasteiger partial charge in [0.2, 0.25) is 0 Å². The molecule has 0 atom stereocenters. The number of aliphatic hydroxyl groups is 1. The van der Waals surface area contributed by atoms with Gasteiger partial charge in [-0.25, -0.2) is 14.9 Å². The van der Waals surface area contributed by atoms with Gasteiger partial charge in [0, 0.05) is 24.3 Å². The monoisotopic (exact) mass is 449 g/mol. The summed E-state index contributed by atoms with van der Waals surface area (Å²) in [5.41, 5.74) is -0.217. The smallest absolute Gasteiger partial charge is 0.492 e. The van der Waals surface area contributed by atoms with E-state index in [-0.39, 0.29) is 29.2 Å². The fraction of sp³-hybridized carbons (Fsp3) is 0.429. The first-order chi connectivity index (χ1) is 15.3. The third-order valence-corrected chi connectivity index (χ3v) is 5.82. The van der Waals surface area contributed by atoms with Gasteiger partial charge in [-0.15, -0.1) is 13.2 Å². The van der Waals surface area contributed by atoms with Crippen molar-refractivity contribution in [2.45, 2.75) is 38.0 Å². The number of aromatic nitrogens is 4. The van der Waals surface area contributed by atoms with Crippen molar-refractivity contribution in [2.75, 3.05) is 18.6 Å². The molecule has 1 amide bonds. The first-order valence-electron chi connectivity index (χ1n) is 10.2. The minimum absolute atomic E-state index is 0.0761. The number of alkyl halides is 3. The number of benzene rings is 1. The second kappa shape index (κ2) is 8.73. The van der Waals surface area contributed by atoms with E-state index in [0.717, 1.165) is 38.1 Å². The molecule has 1 saturated carbocycles. The van der Waals surface area contributed by atoms with E-state index in [1.165, 1.54) is 31.6 Å². The standard InChI is InChI=1S/C21H22F3N5O3/c1-32-19-9-17-14(10-27-29(17)15-4-2-13(11-30)3-5-15)8-18(19)28(21(22,23)24)20(31)16-6-7-25-12-26-16/h6-10,12-13,15,30H,2-5,11H2,1H3. The summed E-state index contributed by atoms with van der Waals surface area (Å²) in [6.45, 7) is 0.150. The normalized spacial score (nSPS) is 19.2. The van der Waals surface area contributed by atoms with Gasteiger partial charge in [0.25, 0.3) is 5.91 Å². The molecule has 3 aromatic rings. The third kappa shape index (κ3) is 4.12. The quantitative estimate of drug-likeness (QED) is 0.597. The second-order valence-electron chi connectivity index (χ2n) is 7.73. The molecule has 0 spiro atoms. The Labute approximate surface area is 181 Å². The molecular formula is C21H22F3N5O3. The summed E-state index contributed by atoms with van der Waals surface area (Å²) in [7, 11) is 1.25. The minimum Gasteiger partial charge on any atom is -0.494 e. The molecule has 0 aliphatic heterocycles. The Balaban J connectivity index is 1.76. The van der Waals surface area contributed by atoms with Gasteiger partial charge in [0.05, 0.1) is 30.6 Å². The Morgan fingerprint density at radius 3 is 2.62 bits per heavy atom. The van der Waals surface area contributed by atoms with Crippen LogP contribution < -0.4 is 9.64 Å². The van der Waals surface area contributed by atoms with E-state index in [4.69, 9.17) is 4.74 Å². The predicted octanol–water partition coefficient (Wildman–Crippen LogP) is 3.73. The van der Waals surface area contributed by atoms with Crippen molar-refractivity contribution < 1.29 is 27.8 Å². The molecule has 1 N–H and O–H groups in total.